The highest BCUT2D eigenvalue weighted by Crippen LogP contribution is 2.21. The van der Waals surface area contributed by atoms with Crippen LogP contribution in [0.25, 0.3) is 0 Å². The molecule has 4 nitrogen and oxygen atoms in total. The lowest BCUT2D eigenvalue weighted by Gasteiger charge is -2.15. The van der Waals surface area contributed by atoms with Gasteiger partial charge >= 0.3 is 0 Å². The van der Waals surface area contributed by atoms with E-state index in [1.807, 2.05) is 13.8 Å². The molecule has 1 aromatic rings. The molecule has 0 aliphatic heterocycles. The minimum absolute atomic E-state index is 0.604. The van der Waals surface area contributed by atoms with Crippen LogP contribution in [-0.2, 0) is 0 Å². The van der Waals surface area contributed by atoms with E-state index in [9.17, 15) is 0 Å². The van der Waals surface area contributed by atoms with Crippen molar-refractivity contribution in [2.45, 2.75) is 40.5 Å². The van der Waals surface area contributed by atoms with E-state index in [4.69, 9.17) is 4.74 Å². The zero-order chi connectivity index (χ0) is 12.7. The van der Waals surface area contributed by atoms with Crippen molar-refractivity contribution in [2.75, 3.05) is 18.5 Å². The molecule has 0 aromatic carbocycles. The van der Waals surface area contributed by atoms with Gasteiger partial charge in [-0.15, -0.1) is 0 Å². The zero-order valence-corrected chi connectivity index (χ0v) is 11.3. The van der Waals surface area contributed by atoms with Gasteiger partial charge in [-0.25, -0.2) is 9.97 Å². The van der Waals surface area contributed by atoms with Crippen molar-refractivity contribution in [3.63, 3.8) is 0 Å². The van der Waals surface area contributed by atoms with Crippen molar-refractivity contribution in [1.29, 1.82) is 0 Å². The molecule has 0 radical (unpaired) electrons. The van der Waals surface area contributed by atoms with Crippen molar-refractivity contribution < 1.29 is 4.74 Å². The van der Waals surface area contributed by atoms with Crippen LogP contribution in [0.3, 0.4) is 0 Å². The number of ether oxygens (including phenoxy) is 1. The molecule has 0 amide bonds. The van der Waals surface area contributed by atoms with Crippen LogP contribution in [0.15, 0.2) is 6.33 Å². The summed E-state index contributed by atoms with van der Waals surface area (Å²) in [6, 6.07) is 0. The van der Waals surface area contributed by atoms with Crippen LogP contribution in [0, 0.1) is 12.8 Å². The maximum atomic E-state index is 5.78. The van der Waals surface area contributed by atoms with Crippen molar-refractivity contribution in [3.05, 3.63) is 11.9 Å². The predicted octanol–water partition coefficient (Wildman–Crippen LogP) is 3.03. The van der Waals surface area contributed by atoms with E-state index < -0.39 is 0 Å². The standard InChI is InChI=1S/C13H23N3O/c1-5-11(6-2)8-17-13-10(4)12(14-7-3)15-9-16-13/h9,11H,5-8H2,1-4H3,(H,14,15,16). The van der Waals surface area contributed by atoms with Gasteiger partial charge in [0.2, 0.25) is 5.88 Å². The van der Waals surface area contributed by atoms with Crippen molar-refractivity contribution >= 4 is 5.82 Å². The van der Waals surface area contributed by atoms with E-state index in [2.05, 4.69) is 29.1 Å². The lowest BCUT2D eigenvalue weighted by Crippen LogP contribution is -2.12. The average molecular weight is 237 g/mol. The number of anilines is 1. The van der Waals surface area contributed by atoms with Gasteiger partial charge in [0.1, 0.15) is 12.1 Å². The predicted molar refractivity (Wildman–Crippen MR) is 70.5 cm³/mol. The highest BCUT2D eigenvalue weighted by Gasteiger charge is 2.10. The van der Waals surface area contributed by atoms with Gasteiger partial charge in [-0.3, -0.25) is 0 Å². The molecule has 0 spiro atoms. The third-order valence-electron chi connectivity index (χ3n) is 2.99. The van der Waals surface area contributed by atoms with Gasteiger partial charge in [-0.2, -0.15) is 0 Å². The van der Waals surface area contributed by atoms with E-state index in [-0.39, 0.29) is 0 Å². The Morgan fingerprint density at radius 1 is 1.24 bits per heavy atom. The molecule has 0 aliphatic rings. The Hall–Kier alpha value is -1.32. The molecule has 0 aliphatic carbocycles. The molecule has 0 saturated heterocycles. The molecule has 0 atom stereocenters. The molecule has 4 heteroatoms. The Labute approximate surface area is 104 Å². The topological polar surface area (TPSA) is 47.0 Å². The summed E-state index contributed by atoms with van der Waals surface area (Å²) in [4.78, 5) is 8.38. The third kappa shape index (κ3) is 3.88. The molecule has 17 heavy (non-hydrogen) atoms. The Bertz CT molecular complexity index is 337. The molecule has 1 rings (SSSR count). The summed E-state index contributed by atoms with van der Waals surface area (Å²) in [5, 5.41) is 3.20. The maximum Gasteiger partial charge on any atom is 0.221 e. The van der Waals surface area contributed by atoms with E-state index in [0.717, 1.165) is 37.4 Å². The number of hydrogen-bond acceptors (Lipinski definition) is 4. The summed E-state index contributed by atoms with van der Waals surface area (Å²) in [6.45, 7) is 10.00. The largest absolute Gasteiger partial charge is 0.477 e. The van der Waals surface area contributed by atoms with Gasteiger partial charge in [-0.05, 0) is 19.8 Å². The fourth-order valence-electron chi connectivity index (χ4n) is 1.65. The zero-order valence-electron chi connectivity index (χ0n) is 11.3. The SMILES string of the molecule is CCNc1ncnc(OCC(CC)CC)c1C. The fourth-order valence-corrected chi connectivity index (χ4v) is 1.65. The molecule has 1 aromatic heterocycles. The van der Waals surface area contributed by atoms with Gasteiger partial charge in [0, 0.05) is 6.54 Å². The summed E-state index contributed by atoms with van der Waals surface area (Å²) in [5.41, 5.74) is 0.986. The fraction of sp³-hybridized carbons (Fsp3) is 0.692. The number of nitrogens with one attached hydrogen (secondary N) is 1. The van der Waals surface area contributed by atoms with Crippen molar-refractivity contribution in [1.82, 2.24) is 9.97 Å². The van der Waals surface area contributed by atoms with Gasteiger partial charge in [0.25, 0.3) is 0 Å². The van der Waals surface area contributed by atoms with E-state index >= 15 is 0 Å². The van der Waals surface area contributed by atoms with E-state index in [1.165, 1.54) is 0 Å². The number of aromatic nitrogens is 2. The van der Waals surface area contributed by atoms with Gasteiger partial charge in [0.15, 0.2) is 0 Å². The smallest absolute Gasteiger partial charge is 0.221 e. The molecule has 0 fully saturated rings. The quantitative estimate of drug-likeness (QED) is 0.792. The van der Waals surface area contributed by atoms with Crippen molar-refractivity contribution in [2.24, 2.45) is 5.92 Å². The molecule has 0 saturated carbocycles. The third-order valence-corrected chi connectivity index (χ3v) is 2.99. The summed E-state index contributed by atoms with van der Waals surface area (Å²) in [7, 11) is 0. The second kappa shape index (κ2) is 7.09. The van der Waals surface area contributed by atoms with Crippen LogP contribution in [0.5, 0.6) is 5.88 Å². The highest BCUT2D eigenvalue weighted by molar-refractivity contribution is 5.47. The second-order valence-corrected chi connectivity index (χ2v) is 4.18. The summed E-state index contributed by atoms with van der Waals surface area (Å²) >= 11 is 0. The maximum absolute atomic E-state index is 5.78. The van der Waals surface area contributed by atoms with Crippen molar-refractivity contribution in [3.8, 4) is 5.88 Å². The molecule has 0 bridgehead atoms. The van der Waals surface area contributed by atoms with Crippen LogP contribution in [0.2, 0.25) is 0 Å². The first kappa shape index (κ1) is 13.7. The van der Waals surface area contributed by atoms with Crippen LogP contribution in [0.4, 0.5) is 5.82 Å². The molecule has 96 valence electrons. The first-order chi connectivity index (χ1) is 8.22. The molecule has 0 unspecified atom stereocenters. The molecular formula is C13H23N3O. The summed E-state index contributed by atoms with van der Waals surface area (Å²) < 4.78 is 5.78. The Balaban J connectivity index is 2.67. The number of hydrogen-bond donors (Lipinski definition) is 1. The minimum Gasteiger partial charge on any atom is -0.477 e. The van der Waals surface area contributed by atoms with Crippen LogP contribution in [0.1, 0.15) is 39.2 Å². The van der Waals surface area contributed by atoms with E-state index in [0.29, 0.717) is 11.8 Å². The number of nitrogens with zero attached hydrogens (tertiary/aromatic N) is 2. The summed E-state index contributed by atoms with van der Waals surface area (Å²) in [6.07, 6.45) is 3.83. The Kier molecular flexibility index (Phi) is 5.73. The molecule has 1 heterocycles. The average Bonchev–Trinajstić information content (AvgIpc) is 2.35. The second-order valence-electron chi connectivity index (χ2n) is 4.18. The Morgan fingerprint density at radius 3 is 2.53 bits per heavy atom. The summed E-state index contributed by atoms with van der Waals surface area (Å²) in [5.74, 6) is 2.16. The molecular weight excluding hydrogens is 214 g/mol. The Morgan fingerprint density at radius 2 is 1.94 bits per heavy atom. The van der Waals surface area contributed by atoms with Crippen LogP contribution >= 0.6 is 0 Å². The first-order valence-electron chi connectivity index (χ1n) is 6.41. The van der Waals surface area contributed by atoms with E-state index in [1.54, 1.807) is 6.33 Å². The molecule has 1 N–H and O–H groups in total. The van der Waals surface area contributed by atoms with Crippen LogP contribution < -0.4 is 10.1 Å². The van der Waals surface area contributed by atoms with Crippen LogP contribution in [-0.4, -0.2) is 23.1 Å². The van der Waals surface area contributed by atoms with Gasteiger partial charge in [0.05, 0.1) is 12.2 Å². The lowest BCUT2D eigenvalue weighted by molar-refractivity contribution is 0.231. The van der Waals surface area contributed by atoms with Gasteiger partial charge < -0.3 is 10.1 Å². The van der Waals surface area contributed by atoms with Gasteiger partial charge in [-0.1, -0.05) is 26.7 Å². The lowest BCUT2D eigenvalue weighted by atomic mass is 10.1. The highest BCUT2D eigenvalue weighted by atomic mass is 16.5. The minimum atomic E-state index is 0.604. The monoisotopic (exact) mass is 237 g/mol. The number of rotatable bonds is 7. The first-order valence-corrected chi connectivity index (χ1v) is 6.41. The normalized spacial score (nSPS) is 10.6.